The molecular formula is C42H68N4O8. The molecule has 2 heterocycles. The average Bonchev–Trinajstić information content (AvgIpc) is 3.65. The van der Waals surface area contributed by atoms with Gasteiger partial charge in [0.2, 0.25) is 17.7 Å². The third kappa shape index (κ3) is 11.4. The summed E-state index contributed by atoms with van der Waals surface area (Å²) >= 11 is 0. The number of esters is 1. The lowest BCUT2D eigenvalue weighted by molar-refractivity contribution is -0.150. The lowest BCUT2D eigenvalue weighted by Gasteiger charge is -2.41. The van der Waals surface area contributed by atoms with Crippen molar-refractivity contribution in [1.82, 2.24) is 20.4 Å². The summed E-state index contributed by atoms with van der Waals surface area (Å²) in [7, 11) is 6.18. The number of ketones is 1. The van der Waals surface area contributed by atoms with Crippen molar-refractivity contribution in [2.45, 2.75) is 135 Å². The number of hydrogen-bond acceptors (Lipinski definition) is 9. The minimum absolute atomic E-state index is 0.00111. The van der Waals surface area contributed by atoms with E-state index in [1.807, 2.05) is 51.1 Å². The SMILES string of the molecule is CCC(C)C(C(CC(=O)N1CCCC1C(OC)C(C)C(=O)NC(Cc1ccccc1)C(=O)OC)OC)N(C)C(=O)C(CC(=O)C1(C)CCCCN1)C(C)C. The molecule has 2 aliphatic heterocycles. The Morgan fingerprint density at radius 2 is 1.67 bits per heavy atom. The highest BCUT2D eigenvalue weighted by molar-refractivity contribution is 5.92. The van der Waals surface area contributed by atoms with Crippen molar-refractivity contribution < 1.29 is 38.2 Å². The van der Waals surface area contributed by atoms with Gasteiger partial charge in [-0.05, 0) is 63.0 Å². The fraction of sp³-hybridized carbons (Fsp3) is 0.738. The molecule has 0 radical (unpaired) electrons. The van der Waals surface area contributed by atoms with Gasteiger partial charge in [0, 0.05) is 46.6 Å². The number of hydrogen-bond donors (Lipinski definition) is 2. The molecule has 3 rings (SSSR count). The van der Waals surface area contributed by atoms with Crippen LogP contribution in [0.25, 0.3) is 0 Å². The Morgan fingerprint density at radius 3 is 2.22 bits per heavy atom. The number of carbonyl (C=O) groups is 5. The number of piperidine rings is 1. The summed E-state index contributed by atoms with van der Waals surface area (Å²) in [6.45, 7) is 13.1. The molecule has 54 heavy (non-hydrogen) atoms. The van der Waals surface area contributed by atoms with Gasteiger partial charge in [-0.1, -0.05) is 71.4 Å². The normalized spacial score (nSPS) is 22.7. The van der Waals surface area contributed by atoms with Gasteiger partial charge in [0.1, 0.15) is 6.04 Å². The van der Waals surface area contributed by atoms with Gasteiger partial charge in [-0.2, -0.15) is 0 Å². The van der Waals surface area contributed by atoms with Crippen LogP contribution in [0.15, 0.2) is 30.3 Å². The number of nitrogens with one attached hydrogen (secondary N) is 2. The molecule has 12 nitrogen and oxygen atoms in total. The highest BCUT2D eigenvalue weighted by Crippen LogP contribution is 2.32. The Kier molecular flexibility index (Phi) is 17.6. The molecule has 2 fully saturated rings. The van der Waals surface area contributed by atoms with Crippen LogP contribution in [0.3, 0.4) is 0 Å². The molecule has 3 amide bonds. The van der Waals surface area contributed by atoms with Crippen LogP contribution < -0.4 is 10.6 Å². The second kappa shape index (κ2) is 21.1. The van der Waals surface area contributed by atoms with Crippen LogP contribution in [0.5, 0.6) is 0 Å². The number of methoxy groups -OCH3 is 3. The fourth-order valence-corrected chi connectivity index (χ4v) is 8.38. The Balaban J connectivity index is 1.77. The first kappa shape index (κ1) is 45.0. The highest BCUT2D eigenvalue weighted by Gasteiger charge is 2.44. The van der Waals surface area contributed by atoms with Gasteiger partial charge in [0.05, 0.1) is 49.3 Å². The van der Waals surface area contributed by atoms with Crippen molar-refractivity contribution in [2.24, 2.45) is 23.7 Å². The van der Waals surface area contributed by atoms with Crippen LogP contribution in [0.2, 0.25) is 0 Å². The Hall–Kier alpha value is -3.35. The zero-order valence-corrected chi connectivity index (χ0v) is 34.5. The van der Waals surface area contributed by atoms with Crippen LogP contribution in [0.1, 0.15) is 98.5 Å². The first-order valence-electron chi connectivity index (χ1n) is 20.0. The minimum atomic E-state index is -0.883. The maximum atomic E-state index is 14.3. The summed E-state index contributed by atoms with van der Waals surface area (Å²) in [6, 6.07) is 7.73. The molecule has 304 valence electrons. The number of carbonyl (C=O) groups excluding carboxylic acids is 5. The van der Waals surface area contributed by atoms with Gasteiger partial charge >= 0.3 is 5.97 Å². The third-order valence-corrected chi connectivity index (χ3v) is 12.1. The Bertz CT molecular complexity index is 1380. The van der Waals surface area contributed by atoms with Crippen molar-refractivity contribution in [3.05, 3.63) is 35.9 Å². The molecule has 2 aliphatic rings. The van der Waals surface area contributed by atoms with E-state index >= 15 is 0 Å². The standard InChI is InChI=1S/C42H68N4O8/c1-11-28(4)37(45(7)40(50)31(27(2)3)25-35(47)42(6)21-15-16-22-43-42)34(52-8)26-36(48)46-23-17-20-33(46)38(53-9)29(5)39(49)44-32(41(51)54-10)24-30-18-13-12-14-19-30/h12-14,18-19,27-29,31-34,37-38,43H,11,15-17,20-26H2,1-10H3,(H,44,49). The monoisotopic (exact) mass is 757 g/mol. The second-order valence-corrected chi connectivity index (χ2v) is 16.1. The molecule has 0 aromatic heterocycles. The predicted octanol–water partition coefficient (Wildman–Crippen LogP) is 4.57. The summed E-state index contributed by atoms with van der Waals surface area (Å²) < 4.78 is 17.0. The molecular weight excluding hydrogens is 688 g/mol. The van der Waals surface area contributed by atoms with E-state index in [2.05, 4.69) is 24.5 Å². The second-order valence-electron chi connectivity index (χ2n) is 16.1. The summed E-state index contributed by atoms with van der Waals surface area (Å²) in [5.41, 5.74) is 0.254. The molecule has 0 aliphatic carbocycles. The molecule has 1 aromatic carbocycles. The van der Waals surface area contributed by atoms with Gasteiger partial charge in [-0.25, -0.2) is 4.79 Å². The zero-order chi connectivity index (χ0) is 40.2. The van der Waals surface area contributed by atoms with Crippen LogP contribution >= 0.6 is 0 Å². The quantitative estimate of drug-likeness (QED) is 0.183. The smallest absolute Gasteiger partial charge is 0.328 e. The molecule has 2 saturated heterocycles. The van der Waals surface area contributed by atoms with E-state index < -0.39 is 47.6 Å². The number of likely N-dealkylation sites (tertiary alicyclic amines) is 1. The first-order chi connectivity index (χ1) is 25.6. The molecule has 9 unspecified atom stereocenters. The summed E-state index contributed by atoms with van der Waals surface area (Å²) in [5, 5.41) is 6.27. The minimum Gasteiger partial charge on any atom is -0.467 e. The predicted molar refractivity (Wildman–Crippen MR) is 208 cm³/mol. The number of nitrogens with zero attached hydrogens (tertiary/aromatic N) is 2. The number of Topliss-reactive ketones (excluding diaryl/α,β-unsaturated/α-hetero) is 1. The van der Waals surface area contributed by atoms with Gasteiger partial charge in [0.15, 0.2) is 5.78 Å². The molecule has 0 spiro atoms. The summed E-state index contributed by atoms with van der Waals surface area (Å²) in [5.74, 6) is -2.36. The van der Waals surface area contributed by atoms with Gasteiger partial charge in [-0.3, -0.25) is 19.2 Å². The van der Waals surface area contributed by atoms with E-state index in [1.54, 1.807) is 30.9 Å². The molecule has 1 aromatic rings. The van der Waals surface area contributed by atoms with E-state index in [4.69, 9.17) is 14.2 Å². The van der Waals surface area contributed by atoms with E-state index in [-0.39, 0.29) is 60.6 Å². The third-order valence-electron chi connectivity index (χ3n) is 12.1. The summed E-state index contributed by atoms with van der Waals surface area (Å²) in [4.78, 5) is 72.0. The van der Waals surface area contributed by atoms with Gasteiger partial charge in [-0.15, -0.1) is 0 Å². The maximum absolute atomic E-state index is 14.3. The Morgan fingerprint density at radius 1 is 0.981 bits per heavy atom. The average molecular weight is 757 g/mol. The van der Waals surface area contributed by atoms with Crippen molar-refractivity contribution in [3.8, 4) is 0 Å². The largest absolute Gasteiger partial charge is 0.467 e. The lowest BCUT2D eigenvalue weighted by Crippen LogP contribution is -2.56. The van der Waals surface area contributed by atoms with Gasteiger partial charge < -0.3 is 34.6 Å². The number of amides is 3. The van der Waals surface area contributed by atoms with Crippen LogP contribution in [-0.2, 0) is 44.6 Å². The molecule has 12 heteroatoms. The van der Waals surface area contributed by atoms with Crippen molar-refractivity contribution in [3.63, 3.8) is 0 Å². The number of likely N-dealkylation sites (N-methyl/N-ethyl adjacent to an activating group) is 1. The van der Waals surface area contributed by atoms with Crippen molar-refractivity contribution in [2.75, 3.05) is 41.5 Å². The van der Waals surface area contributed by atoms with Gasteiger partial charge in [0.25, 0.3) is 0 Å². The van der Waals surface area contributed by atoms with Crippen LogP contribution in [0.4, 0.5) is 0 Å². The Labute approximate surface area is 323 Å². The number of rotatable bonds is 20. The summed E-state index contributed by atoms with van der Waals surface area (Å²) in [6.07, 6.45) is 4.15. The van der Waals surface area contributed by atoms with E-state index in [0.29, 0.717) is 13.0 Å². The topological polar surface area (TPSA) is 144 Å². The van der Waals surface area contributed by atoms with E-state index in [0.717, 1.165) is 44.2 Å². The highest BCUT2D eigenvalue weighted by atomic mass is 16.5. The number of benzene rings is 1. The maximum Gasteiger partial charge on any atom is 0.328 e. The van der Waals surface area contributed by atoms with Crippen LogP contribution in [-0.4, -0.2) is 117 Å². The first-order valence-corrected chi connectivity index (χ1v) is 20.0. The van der Waals surface area contributed by atoms with E-state index in [9.17, 15) is 24.0 Å². The molecule has 0 bridgehead atoms. The zero-order valence-electron chi connectivity index (χ0n) is 34.5. The van der Waals surface area contributed by atoms with Crippen molar-refractivity contribution >= 4 is 29.5 Å². The molecule has 2 N–H and O–H groups in total. The molecule has 9 atom stereocenters. The van der Waals surface area contributed by atoms with Crippen LogP contribution in [0, 0.1) is 23.7 Å². The van der Waals surface area contributed by atoms with Crippen molar-refractivity contribution in [1.29, 1.82) is 0 Å². The number of ether oxygens (including phenoxy) is 3. The molecule has 0 saturated carbocycles. The fourth-order valence-electron chi connectivity index (χ4n) is 8.38. The van der Waals surface area contributed by atoms with E-state index in [1.165, 1.54) is 14.2 Å². The lowest BCUT2D eigenvalue weighted by atomic mass is 9.79.